The predicted molar refractivity (Wildman–Crippen MR) is 142 cm³/mol. The van der Waals surface area contributed by atoms with Crippen LogP contribution in [0.2, 0.25) is 0 Å². The Morgan fingerprint density at radius 3 is 2.57 bits per heavy atom. The van der Waals surface area contributed by atoms with Crippen molar-refractivity contribution in [2.75, 3.05) is 13.2 Å². The monoisotopic (exact) mass is 502 g/mol. The average Bonchev–Trinajstić information content (AvgIpc) is 3.30. The van der Waals surface area contributed by atoms with Crippen LogP contribution < -0.4 is 15.4 Å². The molecule has 0 saturated heterocycles. The molecule has 0 fully saturated rings. The highest BCUT2D eigenvalue weighted by atomic mass is 16.5. The van der Waals surface area contributed by atoms with E-state index in [0.29, 0.717) is 35.1 Å². The van der Waals surface area contributed by atoms with Crippen molar-refractivity contribution in [3.8, 4) is 22.7 Å². The number of esters is 1. The molecule has 0 radical (unpaired) electrons. The van der Waals surface area contributed by atoms with Crippen LogP contribution in [-0.2, 0) is 9.53 Å². The Labute approximate surface area is 217 Å². The van der Waals surface area contributed by atoms with Crippen molar-refractivity contribution in [3.63, 3.8) is 0 Å². The molecule has 194 valence electrons. The van der Waals surface area contributed by atoms with E-state index in [1.807, 2.05) is 61.7 Å². The zero-order valence-electron chi connectivity index (χ0n) is 22.0. The molecule has 2 heterocycles. The molecule has 8 nitrogen and oxygen atoms in total. The molecule has 0 spiro atoms. The number of hydrogen-bond donors (Lipinski definition) is 2. The van der Waals surface area contributed by atoms with Crippen molar-refractivity contribution in [1.29, 1.82) is 0 Å². The first-order chi connectivity index (χ1) is 17.8. The third kappa shape index (κ3) is 5.85. The quantitative estimate of drug-likeness (QED) is 0.379. The summed E-state index contributed by atoms with van der Waals surface area (Å²) in [6.45, 7) is 10.7. The predicted octanol–water partition coefficient (Wildman–Crippen LogP) is 5.46. The van der Waals surface area contributed by atoms with Gasteiger partial charge in [0.15, 0.2) is 0 Å². The molecule has 2 N–H and O–H groups in total. The molecular weight excluding hydrogens is 468 g/mol. The van der Waals surface area contributed by atoms with Gasteiger partial charge in [-0.1, -0.05) is 32.0 Å². The number of aryl methyl sites for hydroxylation is 1. The van der Waals surface area contributed by atoms with Gasteiger partial charge in [-0.15, -0.1) is 0 Å². The Kier molecular flexibility index (Phi) is 7.96. The van der Waals surface area contributed by atoms with Crippen LogP contribution in [0, 0.1) is 12.8 Å². The molecule has 2 aromatic carbocycles. The third-order valence-corrected chi connectivity index (χ3v) is 6.24. The van der Waals surface area contributed by atoms with E-state index in [-0.39, 0.29) is 12.6 Å². The molecule has 1 atom stereocenters. The van der Waals surface area contributed by atoms with E-state index < -0.39 is 12.0 Å². The summed E-state index contributed by atoms with van der Waals surface area (Å²) in [4.78, 5) is 25.5. The van der Waals surface area contributed by atoms with Gasteiger partial charge >= 0.3 is 12.0 Å². The number of benzene rings is 2. The van der Waals surface area contributed by atoms with Crippen LogP contribution in [-0.4, -0.2) is 35.0 Å². The van der Waals surface area contributed by atoms with Gasteiger partial charge in [0.2, 0.25) is 0 Å². The van der Waals surface area contributed by atoms with Crippen LogP contribution in [0.25, 0.3) is 16.9 Å². The molecule has 1 aliphatic heterocycles. The first-order valence-electron chi connectivity index (χ1n) is 12.6. The standard InChI is InChI=1S/C29H34N4O4/c1-6-36-28(34)25-20(5)30-29(35)31-27(25)23-17-33(22-10-8-7-9-11-22)32-26(23)21-12-13-24(19(4)16-21)37-15-14-18(2)3/h7-13,16-18,27H,6,14-15H2,1-5H3,(H2,30,31,35)/t27-/m1/s1. The van der Waals surface area contributed by atoms with E-state index in [0.717, 1.165) is 29.0 Å². The van der Waals surface area contributed by atoms with Gasteiger partial charge in [0, 0.05) is 23.0 Å². The number of allylic oxidation sites excluding steroid dienone is 1. The molecular formula is C29H34N4O4. The summed E-state index contributed by atoms with van der Waals surface area (Å²) in [5, 5.41) is 10.5. The first-order valence-corrected chi connectivity index (χ1v) is 12.6. The van der Waals surface area contributed by atoms with Crippen molar-refractivity contribution in [1.82, 2.24) is 20.4 Å². The fourth-order valence-corrected chi connectivity index (χ4v) is 4.31. The van der Waals surface area contributed by atoms with Gasteiger partial charge in [0.25, 0.3) is 0 Å². The Bertz CT molecular complexity index is 1310. The number of carbonyl (C=O) groups excluding carboxylic acids is 2. The van der Waals surface area contributed by atoms with Crippen molar-refractivity contribution < 1.29 is 19.1 Å². The average molecular weight is 503 g/mol. The van der Waals surface area contributed by atoms with E-state index in [1.165, 1.54) is 0 Å². The Balaban J connectivity index is 1.81. The summed E-state index contributed by atoms with van der Waals surface area (Å²) in [6, 6.07) is 14.5. The number of ether oxygens (including phenoxy) is 2. The lowest BCUT2D eigenvalue weighted by Crippen LogP contribution is -2.45. The molecule has 8 heteroatoms. The molecule has 0 saturated carbocycles. The largest absolute Gasteiger partial charge is 0.493 e. The molecule has 37 heavy (non-hydrogen) atoms. The SMILES string of the molecule is CCOC(=O)C1=C(C)NC(=O)N[C@@H]1c1cn(-c2ccccc2)nc1-c1ccc(OCCC(C)C)c(C)c1. The molecule has 1 aromatic heterocycles. The van der Waals surface area contributed by atoms with Gasteiger partial charge in [0.1, 0.15) is 5.75 Å². The molecule has 2 amide bonds. The minimum Gasteiger partial charge on any atom is -0.493 e. The third-order valence-electron chi connectivity index (χ3n) is 6.24. The van der Waals surface area contributed by atoms with E-state index in [2.05, 4.69) is 24.5 Å². The molecule has 4 rings (SSSR count). The maximum absolute atomic E-state index is 13.0. The van der Waals surface area contributed by atoms with Crippen LogP contribution >= 0.6 is 0 Å². The Morgan fingerprint density at radius 2 is 1.89 bits per heavy atom. The number of nitrogens with zero attached hydrogens (tertiary/aromatic N) is 2. The smallest absolute Gasteiger partial charge is 0.338 e. The van der Waals surface area contributed by atoms with Crippen molar-refractivity contribution in [3.05, 3.63) is 77.1 Å². The molecule has 3 aromatic rings. The van der Waals surface area contributed by atoms with Crippen molar-refractivity contribution >= 4 is 12.0 Å². The number of carbonyl (C=O) groups is 2. The number of nitrogens with one attached hydrogen (secondary N) is 2. The highest BCUT2D eigenvalue weighted by Crippen LogP contribution is 2.36. The zero-order valence-corrected chi connectivity index (χ0v) is 22.0. The van der Waals surface area contributed by atoms with Gasteiger partial charge in [-0.3, -0.25) is 0 Å². The fourth-order valence-electron chi connectivity index (χ4n) is 4.31. The van der Waals surface area contributed by atoms with Gasteiger partial charge in [-0.05, 0) is 69.0 Å². The van der Waals surface area contributed by atoms with Crippen molar-refractivity contribution in [2.24, 2.45) is 5.92 Å². The van der Waals surface area contributed by atoms with E-state index >= 15 is 0 Å². The number of rotatable bonds is 9. The lowest BCUT2D eigenvalue weighted by molar-refractivity contribution is -0.139. The van der Waals surface area contributed by atoms with Crippen LogP contribution in [0.1, 0.15) is 51.3 Å². The van der Waals surface area contributed by atoms with E-state index in [9.17, 15) is 9.59 Å². The lowest BCUT2D eigenvalue weighted by atomic mass is 9.93. The second-order valence-corrected chi connectivity index (χ2v) is 9.52. The van der Waals surface area contributed by atoms with E-state index in [1.54, 1.807) is 18.5 Å². The number of amides is 2. The minimum absolute atomic E-state index is 0.226. The van der Waals surface area contributed by atoms with Gasteiger partial charge in [-0.2, -0.15) is 5.10 Å². The summed E-state index contributed by atoms with van der Waals surface area (Å²) in [5.74, 6) is 0.905. The Morgan fingerprint density at radius 1 is 1.14 bits per heavy atom. The summed E-state index contributed by atoms with van der Waals surface area (Å²) < 4.78 is 13.1. The molecule has 0 aliphatic carbocycles. The maximum atomic E-state index is 13.0. The lowest BCUT2D eigenvalue weighted by Gasteiger charge is -2.27. The van der Waals surface area contributed by atoms with Crippen molar-refractivity contribution in [2.45, 2.75) is 47.1 Å². The van der Waals surface area contributed by atoms with Crippen LogP contribution in [0.4, 0.5) is 4.79 Å². The van der Waals surface area contributed by atoms with E-state index in [4.69, 9.17) is 14.6 Å². The van der Waals surface area contributed by atoms with Gasteiger partial charge in [0.05, 0.1) is 36.2 Å². The summed E-state index contributed by atoms with van der Waals surface area (Å²) in [6.07, 6.45) is 2.83. The summed E-state index contributed by atoms with van der Waals surface area (Å²) in [7, 11) is 0. The minimum atomic E-state index is -0.734. The normalized spacial score (nSPS) is 15.4. The number of para-hydroxylation sites is 1. The number of hydrogen-bond acceptors (Lipinski definition) is 5. The molecule has 0 bridgehead atoms. The molecule has 0 unspecified atom stereocenters. The van der Waals surface area contributed by atoms with Gasteiger partial charge < -0.3 is 20.1 Å². The Hall–Kier alpha value is -4.07. The van der Waals surface area contributed by atoms with Crippen LogP contribution in [0.5, 0.6) is 5.75 Å². The van der Waals surface area contributed by atoms with Crippen LogP contribution in [0.3, 0.4) is 0 Å². The zero-order chi connectivity index (χ0) is 26.5. The maximum Gasteiger partial charge on any atom is 0.338 e. The topological polar surface area (TPSA) is 94.5 Å². The molecule has 1 aliphatic rings. The summed E-state index contributed by atoms with van der Waals surface area (Å²) in [5.41, 5.74) is 4.84. The number of aromatic nitrogens is 2. The van der Waals surface area contributed by atoms with Crippen LogP contribution in [0.15, 0.2) is 66.0 Å². The van der Waals surface area contributed by atoms with Gasteiger partial charge in [-0.25, -0.2) is 14.3 Å². The second-order valence-electron chi connectivity index (χ2n) is 9.52. The second kappa shape index (κ2) is 11.3. The fraction of sp³-hybridized carbons (Fsp3) is 0.345. The summed E-state index contributed by atoms with van der Waals surface area (Å²) >= 11 is 0. The highest BCUT2D eigenvalue weighted by Gasteiger charge is 2.35. The first kappa shape index (κ1) is 26.0. The number of urea groups is 1. The highest BCUT2D eigenvalue weighted by molar-refractivity contribution is 5.95.